The van der Waals surface area contributed by atoms with Crippen molar-refractivity contribution in [2.24, 2.45) is 12.5 Å². The van der Waals surface area contributed by atoms with Gasteiger partial charge in [-0.2, -0.15) is 5.10 Å². The van der Waals surface area contributed by atoms with Crippen LogP contribution in [0.25, 0.3) is 44.5 Å². The van der Waals surface area contributed by atoms with Crippen LogP contribution in [-0.4, -0.2) is 87.2 Å². The maximum absolute atomic E-state index is 11.7. The summed E-state index contributed by atoms with van der Waals surface area (Å²) in [5, 5.41) is 13.4. The van der Waals surface area contributed by atoms with Crippen molar-refractivity contribution < 1.29 is 14.3 Å². The van der Waals surface area contributed by atoms with Gasteiger partial charge in [-0.3, -0.25) is 24.2 Å². The van der Waals surface area contributed by atoms with Gasteiger partial charge in [0, 0.05) is 117 Å². The third kappa shape index (κ3) is 6.40. The van der Waals surface area contributed by atoms with E-state index in [9.17, 15) is 9.59 Å². The minimum atomic E-state index is 0.101. The summed E-state index contributed by atoms with van der Waals surface area (Å²) in [6.45, 7) is 7.33. The Balaban J connectivity index is 1.01. The molecule has 3 aliphatic rings. The first-order valence-corrected chi connectivity index (χ1v) is 18.3. The Bertz CT molecular complexity index is 2210. The number of nitrogens with one attached hydrogen (secondary N) is 2. The summed E-state index contributed by atoms with van der Waals surface area (Å²) in [4.78, 5) is 37.0. The zero-order valence-corrected chi connectivity index (χ0v) is 30.9. The van der Waals surface area contributed by atoms with Gasteiger partial charge in [0.25, 0.3) is 0 Å². The van der Waals surface area contributed by atoms with Crippen LogP contribution in [0, 0.1) is 5.41 Å². The third-order valence-corrected chi connectivity index (χ3v) is 11.4. The highest BCUT2D eigenvalue weighted by Gasteiger charge is 2.52. The normalized spacial score (nSPS) is 18.1. The molecule has 6 heterocycles. The molecule has 2 N–H and O–H groups in total. The first-order chi connectivity index (χ1) is 25.1. The molecule has 5 aromatic rings. The molecule has 52 heavy (non-hydrogen) atoms. The number of benzene rings is 2. The van der Waals surface area contributed by atoms with Crippen molar-refractivity contribution in [1.82, 2.24) is 40.2 Å². The van der Waals surface area contributed by atoms with Crippen molar-refractivity contribution in [2.45, 2.75) is 38.9 Å². The molecule has 3 saturated heterocycles. The van der Waals surface area contributed by atoms with Crippen molar-refractivity contribution in [3.05, 3.63) is 82.1 Å². The number of halogens is 2. The molecular formula is C39H40Cl2N8O3. The van der Waals surface area contributed by atoms with E-state index in [1.165, 1.54) is 0 Å². The van der Waals surface area contributed by atoms with Crippen LogP contribution in [0.5, 0.6) is 5.88 Å². The maximum Gasteiger partial charge on any atom is 0.220 e. The Labute approximate surface area is 312 Å². The van der Waals surface area contributed by atoms with E-state index in [4.69, 9.17) is 43.0 Å². The number of hydrogen-bond acceptors (Lipinski definition) is 8. The lowest BCUT2D eigenvalue weighted by molar-refractivity contribution is -0.157. The molecule has 3 aromatic heterocycles. The quantitative estimate of drug-likeness (QED) is 0.187. The van der Waals surface area contributed by atoms with Crippen LogP contribution >= 0.6 is 23.2 Å². The fraction of sp³-hybridized carbons (Fsp3) is 0.359. The van der Waals surface area contributed by atoms with Gasteiger partial charge in [0.2, 0.25) is 17.7 Å². The number of nitrogens with zero attached hydrogens (tertiary/aromatic N) is 6. The van der Waals surface area contributed by atoms with Gasteiger partial charge in [0.15, 0.2) is 0 Å². The highest BCUT2D eigenvalue weighted by Crippen LogP contribution is 2.43. The monoisotopic (exact) mass is 738 g/mol. The van der Waals surface area contributed by atoms with E-state index in [-0.39, 0.29) is 23.3 Å². The Hall–Kier alpha value is -4.55. The molecule has 13 heteroatoms. The van der Waals surface area contributed by atoms with Gasteiger partial charge in [-0.1, -0.05) is 59.6 Å². The van der Waals surface area contributed by atoms with Gasteiger partial charge < -0.3 is 20.3 Å². The fourth-order valence-electron chi connectivity index (χ4n) is 7.94. The molecular weight excluding hydrogens is 699 g/mol. The smallest absolute Gasteiger partial charge is 0.220 e. The predicted molar refractivity (Wildman–Crippen MR) is 202 cm³/mol. The standard InChI is InChI=1S/C39H40Cl2N8O3/c1-23(50)49-21-39(22-49)19-48(20-39)18-32-29-10-7-24(15-33(29)47(2)46-32)37-36(41)28(13-14-43-37)27-5-4-6-30(35(27)40)31-11-8-25(38(45-31)52-3)16-42-17-26-9-12-34(51)44-26/h4-8,10-11,13-15,26,42H,9,12,16-22H2,1-3H3,(H,44,51)/t26-/m0/s1. The largest absolute Gasteiger partial charge is 0.481 e. The lowest BCUT2D eigenvalue weighted by Gasteiger charge is -2.60. The molecule has 0 aliphatic carbocycles. The lowest BCUT2D eigenvalue weighted by Crippen LogP contribution is -2.72. The first kappa shape index (κ1) is 34.5. The molecule has 0 saturated carbocycles. The van der Waals surface area contributed by atoms with Gasteiger partial charge in [-0.15, -0.1) is 0 Å². The summed E-state index contributed by atoms with van der Waals surface area (Å²) in [7, 11) is 3.57. The van der Waals surface area contributed by atoms with Crippen molar-refractivity contribution in [3.8, 4) is 39.5 Å². The number of likely N-dealkylation sites (tertiary alicyclic amines) is 2. The van der Waals surface area contributed by atoms with E-state index in [0.717, 1.165) is 83.6 Å². The van der Waals surface area contributed by atoms with E-state index in [1.54, 1.807) is 20.2 Å². The summed E-state index contributed by atoms with van der Waals surface area (Å²) in [5.74, 6) is 0.767. The Morgan fingerprint density at radius 1 is 1.04 bits per heavy atom. The van der Waals surface area contributed by atoms with E-state index in [2.05, 4.69) is 27.7 Å². The van der Waals surface area contributed by atoms with Gasteiger partial charge in [-0.25, -0.2) is 4.98 Å². The van der Waals surface area contributed by atoms with Gasteiger partial charge in [0.1, 0.15) is 0 Å². The van der Waals surface area contributed by atoms with Crippen molar-refractivity contribution in [3.63, 3.8) is 0 Å². The average Bonchev–Trinajstić information content (AvgIpc) is 3.66. The number of carbonyl (C=O) groups is 2. The van der Waals surface area contributed by atoms with E-state index < -0.39 is 0 Å². The number of rotatable bonds is 10. The Morgan fingerprint density at radius 3 is 2.58 bits per heavy atom. The van der Waals surface area contributed by atoms with Crippen LogP contribution in [0.4, 0.5) is 0 Å². The van der Waals surface area contributed by atoms with E-state index in [1.807, 2.05) is 59.1 Å². The topological polar surface area (TPSA) is 118 Å². The summed E-state index contributed by atoms with van der Waals surface area (Å²) < 4.78 is 7.58. The molecule has 1 atom stereocenters. The van der Waals surface area contributed by atoms with Gasteiger partial charge >= 0.3 is 0 Å². The number of methoxy groups -OCH3 is 1. The fourth-order valence-corrected chi connectivity index (χ4v) is 8.59. The third-order valence-electron chi connectivity index (χ3n) is 10.6. The number of hydrogen-bond donors (Lipinski definition) is 2. The number of aromatic nitrogens is 4. The molecule has 0 unspecified atom stereocenters. The molecule has 11 nitrogen and oxygen atoms in total. The van der Waals surface area contributed by atoms with Crippen molar-refractivity contribution in [1.29, 1.82) is 0 Å². The van der Waals surface area contributed by atoms with Crippen LogP contribution in [0.1, 0.15) is 31.0 Å². The predicted octanol–water partition coefficient (Wildman–Crippen LogP) is 5.71. The Morgan fingerprint density at radius 2 is 1.83 bits per heavy atom. The summed E-state index contributed by atoms with van der Waals surface area (Å²) >= 11 is 14.3. The highest BCUT2D eigenvalue weighted by molar-refractivity contribution is 6.39. The van der Waals surface area contributed by atoms with Crippen LogP contribution in [-0.2, 0) is 29.7 Å². The molecule has 2 aromatic carbocycles. The van der Waals surface area contributed by atoms with E-state index >= 15 is 0 Å². The molecule has 2 amide bonds. The van der Waals surface area contributed by atoms with Crippen LogP contribution in [0.15, 0.2) is 60.8 Å². The maximum atomic E-state index is 11.7. The van der Waals surface area contributed by atoms with Crippen molar-refractivity contribution in [2.75, 3.05) is 39.8 Å². The molecule has 0 bridgehead atoms. The highest BCUT2D eigenvalue weighted by atomic mass is 35.5. The molecule has 8 rings (SSSR count). The van der Waals surface area contributed by atoms with Gasteiger partial charge in [-0.05, 0) is 24.6 Å². The lowest BCUT2D eigenvalue weighted by atomic mass is 9.72. The molecule has 3 fully saturated rings. The summed E-state index contributed by atoms with van der Waals surface area (Å²) in [6, 6.07) is 18.0. The van der Waals surface area contributed by atoms with Crippen LogP contribution in [0.3, 0.4) is 0 Å². The zero-order chi connectivity index (χ0) is 36.1. The average molecular weight is 740 g/mol. The zero-order valence-electron chi connectivity index (χ0n) is 29.4. The molecule has 268 valence electrons. The number of pyridine rings is 2. The number of aryl methyl sites for hydroxylation is 1. The first-order valence-electron chi connectivity index (χ1n) is 17.5. The SMILES string of the molecule is COc1nc(-c2cccc(-c3ccnc(-c4ccc5c(CN6CC7(C6)CN(C(C)=O)C7)nn(C)c5c4)c3Cl)c2Cl)ccc1CNC[C@@H]1CCC(=O)N1. The van der Waals surface area contributed by atoms with Crippen molar-refractivity contribution >= 4 is 45.9 Å². The van der Waals surface area contributed by atoms with E-state index in [0.29, 0.717) is 46.8 Å². The Kier molecular flexibility index (Phi) is 9.15. The second kappa shape index (κ2) is 13.8. The summed E-state index contributed by atoms with van der Waals surface area (Å²) in [6.07, 6.45) is 3.17. The molecule has 3 aliphatic heterocycles. The number of ether oxygens (including phenoxy) is 1. The second-order valence-corrected chi connectivity index (χ2v) is 15.1. The number of carbonyl (C=O) groups excluding carboxylic acids is 2. The summed E-state index contributed by atoms with van der Waals surface area (Å²) in [5.41, 5.74) is 7.71. The molecule has 0 radical (unpaired) electrons. The van der Waals surface area contributed by atoms with Crippen LogP contribution in [0.2, 0.25) is 10.0 Å². The number of amides is 2. The van der Waals surface area contributed by atoms with Gasteiger partial charge in [0.05, 0.1) is 39.8 Å². The minimum absolute atomic E-state index is 0.101. The number of fused-ring (bicyclic) bond motifs is 1. The molecule has 1 spiro atoms. The second-order valence-electron chi connectivity index (χ2n) is 14.3. The minimum Gasteiger partial charge on any atom is -0.481 e. The van der Waals surface area contributed by atoms with Crippen LogP contribution < -0.4 is 15.4 Å².